The predicted octanol–water partition coefficient (Wildman–Crippen LogP) is 3.58. The summed E-state index contributed by atoms with van der Waals surface area (Å²) in [6.07, 6.45) is -6.56. The van der Waals surface area contributed by atoms with E-state index in [-0.39, 0.29) is 50.9 Å². The number of rotatable bonds is 14. The second-order valence-corrected chi connectivity index (χ2v) is 31.7. The third kappa shape index (κ3) is 9.52. The number of hydrogen-bond donors (Lipinski definition) is 7. The molecule has 0 amide bonds. The van der Waals surface area contributed by atoms with E-state index in [0.717, 1.165) is 0 Å². The van der Waals surface area contributed by atoms with E-state index in [1.54, 1.807) is 0 Å². The maximum atomic E-state index is 12.8. The molecule has 28 heteroatoms. The van der Waals surface area contributed by atoms with E-state index in [0.29, 0.717) is 0 Å². The van der Waals surface area contributed by atoms with Gasteiger partial charge in [0.1, 0.15) is 55.5 Å². The zero-order chi connectivity index (χ0) is 44.5. The second kappa shape index (κ2) is 16.9. The van der Waals surface area contributed by atoms with Crippen LogP contribution in [0.1, 0.15) is 54.0 Å². The largest absolute Gasteiger partial charge is 0.582 e. The van der Waals surface area contributed by atoms with Crippen LogP contribution in [-0.4, -0.2) is 116 Å². The number of fused-ring (bicyclic) bond motifs is 2. The fourth-order valence-corrected chi connectivity index (χ4v) is 10.9. The van der Waals surface area contributed by atoms with Gasteiger partial charge in [0.2, 0.25) is 11.9 Å². The Labute approximate surface area is 357 Å². The molecule has 0 spiro atoms. The summed E-state index contributed by atoms with van der Waals surface area (Å²) in [5, 5.41) is 11.2. The Kier molecular flexibility index (Phi) is 13.2. The molecule has 0 aliphatic carbocycles. The van der Waals surface area contributed by atoms with Gasteiger partial charge in [0, 0.05) is 0 Å². The summed E-state index contributed by atoms with van der Waals surface area (Å²) in [5.41, 5.74) is 10.6. The Hall–Kier alpha value is -2.53. The van der Waals surface area contributed by atoms with E-state index < -0.39 is 97.4 Å². The maximum Gasteiger partial charge on any atom is 0.582 e. The predicted molar refractivity (Wildman–Crippen MR) is 233 cm³/mol. The summed E-state index contributed by atoms with van der Waals surface area (Å²) < 4.78 is 59.2. The summed E-state index contributed by atoms with van der Waals surface area (Å²) >= 11 is 9.58. The molecular weight excluding hydrogens is 899 g/mol. The maximum absolute atomic E-state index is 12.8. The summed E-state index contributed by atoms with van der Waals surface area (Å²) in [5.74, 6) is -0.357. The molecule has 0 saturated carbocycles. The van der Waals surface area contributed by atoms with Crippen LogP contribution in [0.4, 0.5) is 11.9 Å². The number of nitrogens with zero attached hydrogens (tertiary/aromatic N) is 6. The van der Waals surface area contributed by atoms with Gasteiger partial charge in [-0.1, -0.05) is 41.5 Å². The van der Waals surface area contributed by atoms with E-state index in [9.17, 15) is 24.2 Å². The molecule has 6 heterocycles. The molecule has 10 atom stereocenters. The van der Waals surface area contributed by atoms with Crippen LogP contribution in [0.5, 0.6) is 0 Å². The van der Waals surface area contributed by atoms with Gasteiger partial charge in [0.05, 0.1) is 19.3 Å². The van der Waals surface area contributed by atoms with Crippen LogP contribution in [0, 0.1) is 0 Å². The highest BCUT2D eigenvalue weighted by Crippen LogP contribution is 2.53. The van der Waals surface area contributed by atoms with Crippen molar-refractivity contribution in [2.24, 2.45) is 0 Å². The number of H-pyrrole nitrogens is 2. The number of imidazole rings is 2. The topological polar surface area (TPSA) is 301 Å². The highest BCUT2D eigenvalue weighted by atomic mass is 32.7. The zero-order valence-corrected chi connectivity index (χ0v) is 40.3. The fourth-order valence-electron chi connectivity index (χ4n) is 6.33. The third-order valence-corrected chi connectivity index (χ3v) is 22.7. The monoisotopic (exact) mass is 951 g/mol. The van der Waals surface area contributed by atoms with Crippen molar-refractivity contribution in [1.82, 2.24) is 39.0 Å². The second-order valence-electron chi connectivity index (χ2n) is 17.7. The molecule has 60 heavy (non-hydrogen) atoms. The SMILES string of the molecule is CC(C)(C)[Si](C)(C)OC1[C@@H](O)[C@H](n2cnc3c(=O)[nH]c(N)nc32)O[C@@H]1COP(O)(=S)O[C@@H]1C(O[Si](C)(C)C(C)(C)C)[C@@H](CO[P+](=O)S)O[C@H]1n1cnc2c(=O)[nH]c(N)nc21. The molecule has 2 fully saturated rings. The lowest BCUT2D eigenvalue weighted by Gasteiger charge is -2.41. The highest BCUT2D eigenvalue weighted by Gasteiger charge is 2.55. The number of nitrogens with two attached hydrogens (primary N) is 2. The number of aromatic nitrogens is 8. The summed E-state index contributed by atoms with van der Waals surface area (Å²) in [6, 6.07) is 0. The van der Waals surface area contributed by atoms with Gasteiger partial charge in [-0.15, -0.1) is 4.52 Å². The van der Waals surface area contributed by atoms with Gasteiger partial charge in [-0.25, -0.2) is 9.97 Å². The van der Waals surface area contributed by atoms with Crippen LogP contribution in [0.15, 0.2) is 22.2 Å². The average Bonchev–Trinajstić information content (AvgIpc) is 3.86. The summed E-state index contributed by atoms with van der Waals surface area (Å²) in [4.78, 5) is 59.1. The van der Waals surface area contributed by atoms with Crippen molar-refractivity contribution in [3.8, 4) is 0 Å². The molecule has 6 rings (SSSR count). The first-order valence-corrected chi connectivity index (χ1v) is 29.6. The van der Waals surface area contributed by atoms with Crippen molar-refractivity contribution in [2.45, 2.75) is 127 Å². The molecule has 0 bridgehead atoms. The molecule has 22 nitrogen and oxygen atoms in total. The van der Waals surface area contributed by atoms with Crippen LogP contribution in [0.25, 0.3) is 22.3 Å². The molecule has 8 N–H and O–H groups in total. The van der Waals surface area contributed by atoms with Crippen LogP contribution < -0.4 is 22.6 Å². The lowest BCUT2D eigenvalue weighted by Crippen LogP contribution is -2.50. The fraction of sp³-hybridized carbons (Fsp3) is 0.688. The van der Waals surface area contributed by atoms with Gasteiger partial charge >= 0.3 is 13.9 Å². The Morgan fingerprint density at radius 3 is 1.78 bits per heavy atom. The first-order chi connectivity index (χ1) is 27.6. The summed E-state index contributed by atoms with van der Waals surface area (Å²) in [6.45, 7) is 15.1. The molecule has 4 aromatic heterocycles. The standard InChI is InChI=1S/C32H52N10O12P2S2Si2/c1-31(2,3)59(7,8)53-20-16(50-27(19(20)43)41-13-35-17-23(41)37-29(33)39-25(17)44)12-49-56(47,58)52-22-21(54-60(9,10)32(4,5)6)15(11-48-55(46)57)51-28(22)42-14-36-18-24(42)38-30(34)40-26(18)45/h13-16,19-22,27-28,43H,11-12H2,1-10H3,(H7-,33,34,37,38,39,40,44,45,46,47,57,58)/p+1/t15-,16-,19-,20?,21?,22-,27-,28-,56?/m1/s1. The Bertz CT molecular complexity index is 2420. The quantitative estimate of drug-likeness (QED) is 0.0540. The molecule has 0 aromatic carbocycles. The van der Waals surface area contributed by atoms with Crippen molar-refractivity contribution in [1.29, 1.82) is 0 Å². The van der Waals surface area contributed by atoms with Gasteiger partial charge in [-0.2, -0.15) is 9.97 Å². The summed E-state index contributed by atoms with van der Waals surface area (Å²) in [7, 11) is -7.69. The van der Waals surface area contributed by atoms with E-state index >= 15 is 0 Å². The molecule has 332 valence electrons. The Morgan fingerprint density at radius 2 is 1.30 bits per heavy atom. The lowest BCUT2D eigenvalue weighted by atomic mass is 10.1. The van der Waals surface area contributed by atoms with Gasteiger partial charge in [-0.05, 0) is 52.6 Å². The minimum Gasteiger partial charge on any atom is -0.408 e. The smallest absolute Gasteiger partial charge is 0.408 e. The van der Waals surface area contributed by atoms with Crippen LogP contribution >= 0.6 is 26.2 Å². The van der Waals surface area contributed by atoms with Crippen molar-refractivity contribution < 1.29 is 46.5 Å². The van der Waals surface area contributed by atoms with Crippen molar-refractivity contribution in [3.63, 3.8) is 0 Å². The van der Waals surface area contributed by atoms with Gasteiger partial charge < -0.3 is 44.3 Å². The number of nitrogen functional groups attached to an aromatic ring is 2. The van der Waals surface area contributed by atoms with E-state index in [1.807, 2.05) is 67.7 Å². The van der Waals surface area contributed by atoms with E-state index in [4.69, 9.17) is 55.2 Å². The van der Waals surface area contributed by atoms with Crippen molar-refractivity contribution >= 4 is 88.9 Å². The number of aliphatic hydroxyl groups is 1. The minimum absolute atomic E-state index is 0.0262. The number of nitrogens with one attached hydrogen (secondary N) is 2. The van der Waals surface area contributed by atoms with Crippen LogP contribution in [0.3, 0.4) is 0 Å². The average molecular weight is 952 g/mol. The third-order valence-electron chi connectivity index (χ3n) is 11.5. The molecule has 2 saturated heterocycles. The molecule has 2 aliphatic rings. The molecule has 2 aliphatic heterocycles. The number of hydrogen-bond acceptors (Lipinski definition) is 18. The molecule has 0 radical (unpaired) electrons. The van der Waals surface area contributed by atoms with Gasteiger partial charge in [0.15, 0.2) is 51.4 Å². The minimum atomic E-state index is -4.35. The molecule has 4 aromatic rings. The van der Waals surface area contributed by atoms with E-state index in [1.165, 1.54) is 21.8 Å². The van der Waals surface area contributed by atoms with Crippen LogP contribution in [-0.2, 0) is 48.3 Å². The normalized spacial score (nSPS) is 26.9. The van der Waals surface area contributed by atoms with Crippen LogP contribution in [0.2, 0.25) is 36.3 Å². The first-order valence-electron chi connectivity index (χ1n) is 18.8. The zero-order valence-electron chi connectivity index (χ0n) is 34.8. The van der Waals surface area contributed by atoms with Gasteiger partial charge in [0.25, 0.3) is 11.1 Å². The number of thiol groups is 1. The highest BCUT2D eigenvalue weighted by molar-refractivity contribution is 8.39. The van der Waals surface area contributed by atoms with Crippen molar-refractivity contribution in [3.05, 3.63) is 33.4 Å². The molecule has 4 unspecified atom stereocenters. The first kappa shape index (κ1) is 47.0. The van der Waals surface area contributed by atoms with Gasteiger partial charge in [-0.3, -0.25) is 33.2 Å². The number of anilines is 2. The van der Waals surface area contributed by atoms with E-state index in [2.05, 4.69) is 42.2 Å². The lowest BCUT2D eigenvalue weighted by molar-refractivity contribution is -0.0556. The number of aromatic amines is 2. The Balaban J connectivity index is 1.36. The number of aliphatic hydroxyl groups excluding tert-OH is 1. The number of ether oxygens (including phenoxy) is 2. The van der Waals surface area contributed by atoms with Crippen molar-refractivity contribution in [2.75, 3.05) is 24.7 Å². The molecular formula is C32H53N10O12P2S2Si2+. The Morgan fingerprint density at radius 1 is 0.850 bits per heavy atom.